The zero-order chi connectivity index (χ0) is 14.2. The summed E-state index contributed by atoms with van der Waals surface area (Å²) in [5, 5.41) is 3.52. The largest absolute Gasteiger partial charge is 0.454 e. The van der Waals surface area contributed by atoms with Crippen LogP contribution in [-0.4, -0.2) is 19.4 Å². The molecule has 0 radical (unpaired) electrons. The minimum atomic E-state index is -1.37. The van der Waals surface area contributed by atoms with Crippen molar-refractivity contribution in [2.45, 2.75) is 51.2 Å². The molecule has 1 N–H and O–H groups in total. The standard InChI is InChI=1S/C16H22FNO2/c1-16(2,17)13-9-15-14(19-10-20-15)8-11(13)7-12-5-3-4-6-18-12/h8-9,12,18H,3-7,10H2,1-2H3. The zero-order valence-electron chi connectivity index (χ0n) is 12.2. The van der Waals surface area contributed by atoms with E-state index in [0.29, 0.717) is 17.4 Å². The summed E-state index contributed by atoms with van der Waals surface area (Å²) in [6, 6.07) is 4.20. The maximum absolute atomic E-state index is 14.5. The Labute approximate surface area is 119 Å². The Hall–Kier alpha value is -1.29. The van der Waals surface area contributed by atoms with Crippen molar-refractivity contribution in [2.75, 3.05) is 13.3 Å². The summed E-state index contributed by atoms with van der Waals surface area (Å²) in [7, 11) is 0. The van der Waals surface area contributed by atoms with Crippen LogP contribution in [0.4, 0.5) is 4.39 Å². The number of alkyl halides is 1. The Morgan fingerprint density at radius 2 is 2.00 bits per heavy atom. The van der Waals surface area contributed by atoms with Crippen LogP contribution in [0.3, 0.4) is 0 Å². The molecule has 1 fully saturated rings. The molecule has 20 heavy (non-hydrogen) atoms. The summed E-state index contributed by atoms with van der Waals surface area (Å²) in [6.07, 6.45) is 4.48. The predicted octanol–water partition coefficient (Wildman–Crippen LogP) is 3.30. The lowest BCUT2D eigenvalue weighted by molar-refractivity contribution is 0.173. The van der Waals surface area contributed by atoms with Crippen LogP contribution in [0.25, 0.3) is 0 Å². The Balaban J connectivity index is 1.91. The lowest BCUT2D eigenvalue weighted by atomic mass is 9.88. The normalized spacial score (nSPS) is 22.1. The third-order valence-corrected chi connectivity index (χ3v) is 4.12. The third kappa shape index (κ3) is 2.75. The number of rotatable bonds is 3. The monoisotopic (exact) mass is 279 g/mol. The van der Waals surface area contributed by atoms with Crippen LogP contribution in [0.2, 0.25) is 0 Å². The molecule has 1 aromatic rings. The average Bonchev–Trinajstić information content (AvgIpc) is 2.85. The van der Waals surface area contributed by atoms with Crippen LogP contribution in [0.15, 0.2) is 12.1 Å². The Morgan fingerprint density at radius 1 is 1.25 bits per heavy atom. The molecule has 0 saturated carbocycles. The van der Waals surface area contributed by atoms with Gasteiger partial charge in [-0.1, -0.05) is 6.42 Å². The van der Waals surface area contributed by atoms with E-state index in [1.165, 1.54) is 12.8 Å². The third-order valence-electron chi connectivity index (χ3n) is 4.12. The van der Waals surface area contributed by atoms with E-state index >= 15 is 0 Å². The molecule has 2 aliphatic heterocycles. The van der Waals surface area contributed by atoms with E-state index in [1.807, 2.05) is 6.07 Å². The quantitative estimate of drug-likeness (QED) is 0.921. The maximum Gasteiger partial charge on any atom is 0.231 e. The molecule has 3 rings (SSSR count). The van der Waals surface area contributed by atoms with E-state index in [-0.39, 0.29) is 6.79 Å². The fraction of sp³-hybridized carbons (Fsp3) is 0.625. The van der Waals surface area contributed by atoms with Gasteiger partial charge in [0.1, 0.15) is 5.67 Å². The summed E-state index contributed by atoms with van der Waals surface area (Å²) >= 11 is 0. The first kappa shape index (κ1) is 13.7. The first-order valence-corrected chi connectivity index (χ1v) is 7.39. The highest BCUT2D eigenvalue weighted by Crippen LogP contribution is 2.40. The summed E-state index contributed by atoms with van der Waals surface area (Å²) in [4.78, 5) is 0. The second-order valence-corrected chi connectivity index (χ2v) is 6.19. The van der Waals surface area contributed by atoms with Gasteiger partial charge in [-0.15, -0.1) is 0 Å². The molecule has 110 valence electrons. The van der Waals surface area contributed by atoms with Gasteiger partial charge in [0.05, 0.1) is 0 Å². The fourth-order valence-electron chi connectivity index (χ4n) is 3.07. The van der Waals surface area contributed by atoms with Crippen LogP contribution in [-0.2, 0) is 12.1 Å². The van der Waals surface area contributed by atoms with Crippen LogP contribution in [0.1, 0.15) is 44.2 Å². The van der Waals surface area contributed by atoms with Crippen LogP contribution in [0, 0.1) is 0 Å². The van der Waals surface area contributed by atoms with E-state index < -0.39 is 5.67 Å². The van der Waals surface area contributed by atoms with E-state index in [9.17, 15) is 4.39 Å². The van der Waals surface area contributed by atoms with Crippen molar-refractivity contribution in [1.82, 2.24) is 5.32 Å². The SMILES string of the molecule is CC(C)(F)c1cc2c(cc1CC1CCCCN1)OCO2. The highest BCUT2D eigenvalue weighted by atomic mass is 19.1. The number of hydrogen-bond donors (Lipinski definition) is 1. The number of ether oxygens (including phenoxy) is 2. The van der Waals surface area contributed by atoms with E-state index in [2.05, 4.69) is 5.32 Å². The molecule has 1 saturated heterocycles. The molecule has 4 heteroatoms. The van der Waals surface area contributed by atoms with Crippen LogP contribution in [0.5, 0.6) is 11.5 Å². The van der Waals surface area contributed by atoms with Gasteiger partial charge in [-0.05, 0) is 62.9 Å². The van der Waals surface area contributed by atoms with E-state index in [1.54, 1.807) is 19.9 Å². The minimum absolute atomic E-state index is 0.229. The molecule has 0 aliphatic carbocycles. The summed E-state index contributed by atoms with van der Waals surface area (Å²) in [5.41, 5.74) is 0.376. The topological polar surface area (TPSA) is 30.5 Å². The molecular weight excluding hydrogens is 257 g/mol. The van der Waals surface area contributed by atoms with E-state index in [0.717, 1.165) is 30.7 Å². The predicted molar refractivity (Wildman–Crippen MR) is 76.0 cm³/mol. The van der Waals surface area contributed by atoms with Gasteiger partial charge in [-0.3, -0.25) is 0 Å². The lowest BCUT2D eigenvalue weighted by Gasteiger charge is -2.26. The van der Waals surface area contributed by atoms with Crippen molar-refractivity contribution < 1.29 is 13.9 Å². The lowest BCUT2D eigenvalue weighted by Crippen LogP contribution is -2.36. The molecule has 0 spiro atoms. The van der Waals surface area contributed by atoms with Gasteiger partial charge in [0.2, 0.25) is 6.79 Å². The van der Waals surface area contributed by atoms with E-state index in [4.69, 9.17) is 9.47 Å². The van der Waals surface area contributed by atoms with Crippen molar-refractivity contribution in [3.05, 3.63) is 23.3 Å². The van der Waals surface area contributed by atoms with Crippen molar-refractivity contribution in [3.8, 4) is 11.5 Å². The number of fused-ring (bicyclic) bond motifs is 1. The molecule has 1 unspecified atom stereocenters. The first-order chi connectivity index (χ1) is 9.54. The van der Waals surface area contributed by atoms with Crippen LogP contribution < -0.4 is 14.8 Å². The van der Waals surface area contributed by atoms with Crippen molar-refractivity contribution >= 4 is 0 Å². The van der Waals surface area contributed by atoms with Gasteiger partial charge in [0.15, 0.2) is 11.5 Å². The molecule has 0 bridgehead atoms. The fourth-order valence-corrected chi connectivity index (χ4v) is 3.07. The maximum atomic E-state index is 14.5. The number of halogens is 1. The number of benzene rings is 1. The van der Waals surface area contributed by atoms with Gasteiger partial charge in [-0.2, -0.15) is 0 Å². The highest BCUT2D eigenvalue weighted by Gasteiger charge is 2.28. The van der Waals surface area contributed by atoms with Crippen LogP contribution >= 0.6 is 0 Å². The first-order valence-electron chi connectivity index (χ1n) is 7.39. The molecule has 0 amide bonds. The Kier molecular flexibility index (Phi) is 3.59. The van der Waals surface area contributed by atoms with Gasteiger partial charge < -0.3 is 14.8 Å². The average molecular weight is 279 g/mol. The number of hydrogen-bond acceptors (Lipinski definition) is 3. The Morgan fingerprint density at radius 3 is 2.65 bits per heavy atom. The highest BCUT2D eigenvalue weighted by molar-refractivity contribution is 5.50. The zero-order valence-corrected chi connectivity index (χ0v) is 12.2. The van der Waals surface area contributed by atoms with Gasteiger partial charge in [-0.25, -0.2) is 4.39 Å². The molecule has 3 nitrogen and oxygen atoms in total. The summed E-state index contributed by atoms with van der Waals surface area (Å²) in [6.45, 7) is 4.49. The van der Waals surface area contributed by atoms with Crippen molar-refractivity contribution in [1.29, 1.82) is 0 Å². The molecule has 0 aromatic heterocycles. The molecule has 2 aliphatic rings. The number of piperidine rings is 1. The molecule has 1 aromatic carbocycles. The second-order valence-electron chi connectivity index (χ2n) is 6.19. The number of nitrogens with one attached hydrogen (secondary N) is 1. The van der Waals surface area contributed by atoms with Gasteiger partial charge in [0.25, 0.3) is 0 Å². The van der Waals surface area contributed by atoms with Crippen molar-refractivity contribution in [2.24, 2.45) is 0 Å². The van der Waals surface area contributed by atoms with Crippen molar-refractivity contribution in [3.63, 3.8) is 0 Å². The second kappa shape index (κ2) is 5.24. The minimum Gasteiger partial charge on any atom is -0.454 e. The molecule has 2 heterocycles. The smallest absolute Gasteiger partial charge is 0.231 e. The molecule has 1 atom stereocenters. The van der Waals surface area contributed by atoms with Gasteiger partial charge >= 0.3 is 0 Å². The Bertz CT molecular complexity index is 490. The summed E-state index contributed by atoms with van der Waals surface area (Å²) < 4.78 is 25.3. The summed E-state index contributed by atoms with van der Waals surface area (Å²) in [5.74, 6) is 1.40. The molecular formula is C16H22FNO2. The van der Waals surface area contributed by atoms with Gasteiger partial charge in [0, 0.05) is 6.04 Å².